The highest BCUT2D eigenvalue weighted by molar-refractivity contribution is 5.72. The molecule has 1 aliphatic rings. The monoisotopic (exact) mass is 227 g/mol. The summed E-state index contributed by atoms with van der Waals surface area (Å²) < 4.78 is 5.46. The summed E-state index contributed by atoms with van der Waals surface area (Å²) in [4.78, 5) is 11.7. The predicted molar refractivity (Wildman–Crippen MR) is 65.0 cm³/mol. The van der Waals surface area contributed by atoms with Gasteiger partial charge in [-0.15, -0.1) is 0 Å². The predicted octanol–water partition coefficient (Wildman–Crippen LogP) is 2.63. The summed E-state index contributed by atoms with van der Waals surface area (Å²) in [5, 5.41) is 0. The van der Waals surface area contributed by atoms with Crippen molar-refractivity contribution in [2.45, 2.75) is 70.9 Å². The Morgan fingerprint density at radius 1 is 1.31 bits per heavy atom. The molecule has 94 valence electrons. The van der Waals surface area contributed by atoms with Crippen LogP contribution in [-0.2, 0) is 9.53 Å². The van der Waals surface area contributed by atoms with E-state index in [-0.39, 0.29) is 24.0 Å². The summed E-state index contributed by atoms with van der Waals surface area (Å²) in [5.74, 6) is 0.0101. The molecule has 2 unspecified atom stereocenters. The smallest absolute Gasteiger partial charge is 0.308 e. The largest absolute Gasteiger partial charge is 0.462 e. The zero-order valence-electron chi connectivity index (χ0n) is 10.6. The second kappa shape index (κ2) is 6.89. The standard InChI is InChI=1S/C13H25NO2/c1-10(6-5-7-11(2)14)13(15)16-12-8-3-4-9-12/h10-12H,3-9,14H2,1-2H3. The molecule has 3 heteroatoms. The Balaban J connectivity index is 2.14. The Hall–Kier alpha value is -0.570. The summed E-state index contributed by atoms with van der Waals surface area (Å²) in [7, 11) is 0. The third kappa shape index (κ3) is 4.97. The van der Waals surface area contributed by atoms with Gasteiger partial charge in [0.1, 0.15) is 6.10 Å². The fourth-order valence-electron chi connectivity index (χ4n) is 2.15. The van der Waals surface area contributed by atoms with Gasteiger partial charge in [0, 0.05) is 6.04 Å². The molecule has 0 aliphatic heterocycles. The Morgan fingerprint density at radius 2 is 1.94 bits per heavy atom. The molecule has 0 aromatic rings. The zero-order valence-corrected chi connectivity index (χ0v) is 10.6. The number of ether oxygens (including phenoxy) is 1. The van der Waals surface area contributed by atoms with Gasteiger partial charge in [0.25, 0.3) is 0 Å². The first-order valence-electron chi connectivity index (χ1n) is 6.55. The van der Waals surface area contributed by atoms with Crippen LogP contribution in [0.15, 0.2) is 0 Å². The number of esters is 1. The highest BCUT2D eigenvalue weighted by Gasteiger charge is 2.22. The fraction of sp³-hybridized carbons (Fsp3) is 0.923. The number of hydrogen-bond acceptors (Lipinski definition) is 3. The molecule has 0 saturated heterocycles. The second-order valence-corrected chi connectivity index (χ2v) is 5.15. The third-order valence-corrected chi connectivity index (χ3v) is 3.28. The molecule has 1 rings (SSSR count). The van der Waals surface area contributed by atoms with Gasteiger partial charge in [-0.3, -0.25) is 4.79 Å². The van der Waals surface area contributed by atoms with Gasteiger partial charge in [0.2, 0.25) is 0 Å². The normalized spacial score (nSPS) is 20.7. The maximum absolute atomic E-state index is 11.7. The average Bonchev–Trinajstić information content (AvgIpc) is 2.69. The topological polar surface area (TPSA) is 52.3 Å². The minimum Gasteiger partial charge on any atom is -0.462 e. The van der Waals surface area contributed by atoms with Crippen LogP contribution in [0, 0.1) is 5.92 Å². The van der Waals surface area contributed by atoms with Gasteiger partial charge in [0.15, 0.2) is 0 Å². The van der Waals surface area contributed by atoms with E-state index in [1.807, 2.05) is 13.8 Å². The van der Waals surface area contributed by atoms with E-state index in [9.17, 15) is 4.79 Å². The number of rotatable bonds is 6. The molecule has 1 aliphatic carbocycles. The molecule has 2 atom stereocenters. The van der Waals surface area contributed by atoms with Crippen molar-refractivity contribution < 1.29 is 9.53 Å². The molecule has 0 aromatic heterocycles. The van der Waals surface area contributed by atoms with E-state index in [0.29, 0.717) is 0 Å². The summed E-state index contributed by atoms with van der Waals surface area (Å²) in [6.45, 7) is 3.96. The van der Waals surface area contributed by atoms with Crippen LogP contribution in [-0.4, -0.2) is 18.1 Å². The van der Waals surface area contributed by atoms with E-state index < -0.39 is 0 Å². The maximum atomic E-state index is 11.7. The molecule has 0 amide bonds. The van der Waals surface area contributed by atoms with Crippen molar-refractivity contribution in [2.75, 3.05) is 0 Å². The second-order valence-electron chi connectivity index (χ2n) is 5.15. The van der Waals surface area contributed by atoms with Crippen LogP contribution < -0.4 is 5.73 Å². The quantitative estimate of drug-likeness (QED) is 0.710. The molecule has 0 radical (unpaired) electrons. The van der Waals surface area contributed by atoms with Crippen molar-refractivity contribution in [3.05, 3.63) is 0 Å². The van der Waals surface area contributed by atoms with Gasteiger partial charge < -0.3 is 10.5 Å². The molecule has 3 nitrogen and oxygen atoms in total. The van der Waals surface area contributed by atoms with Gasteiger partial charge in [0.05, 0.1) is 5.92 Å². The Morgan fingerprint density at radius 3 is 2.50 bits per heavy atom. The molecular weight excluding hydrogens is 202 g/mol. The lowest BCUT2D eigenvalue weighted by molar-refractivity contribution is -0.153. The summed E-state index contributed by atoms with van der Waals surface area (Å²) in [5.41, 5.74) is 5.67. The van der Waals surface area contributed by atoms with E-state index in [0.717, 1.165) is 32.1 Å². The van der Waals surface area contributed by atoms with Crippen LogP contribution in [0.5, 0.6) is 0 Å². The van der Waals surface area contributed by atoms with Crippen LogP contribution in [0.3, 0.4) is 0 Å². The van der Waals surface area contributed by atoms with Crippen LogP contribution in [0.4, 0.5) is 0 Å². The van der Waals surface area contributed by atoms with E-state index in [1.54, 1.807) is 0 Å². The summed E-state index contributed by atoms with van der Waals surface area (Å²) in [6, 6.07) is 0.234. The molecule has 0 spiro atoms. The lowest BCUT2D eigenvalue weighted by atomic mass is 10.0. The van der Waals surface area contributed by atoms with E-state index in [2.05, 4.69) is 0 Å². The van der Waals surface area contributed by atoms with Crippen molar-refractivity contribution in [3.8, 4) is 0 Å². The van der Waals surface area contributed by atoms with Crippen molar-refractivity contribution >= 4 is 5.97 Å². The van der Waals surface area contributed by atoms with E-state index in [1.165, 1.54) is 12.8 Å². The highest BCUT2D eigenvalue weighted by Crippen LogP contribution is 2.22. The zero-order chi connectivity index (χ0) is 12.0. The maximum Gasteiger partial charge on any atom is 0.308 e. The molecule has 0 heterocycles. The molecular formula is C13H25NO2. The molecule has 2 N–H and O–H groups in total. The first-order chi connectivity index (χ1) is 7.59. The van der Waals surface area contributed by atoms with Gasteiger partial charge in [-0.2, -0.15) is 0 Å². The van der Waals surface area contributed by atoms with Crippen molar-refractivity contribution in [3.63, 3.8) is 0 Å². The molecule has 16 heavy (non-hydrogen) atoms. The van der Waals surface area contributed by atoms with Crippen molar-refractivity contribution in [2.24, 2.45) is 11.7 Å². The molecule has 1 saturated carbocycles. The van der Waals surface area contributed by atoms with Gasteiger partial charge in [-0.1, -0.05) is 13.3 Å². The molecule has 0 aromatic carbocycles. The van der Waals surface area contributed by atoms with E-state index in [4.69, 9.17) is 10.5 Å². The average molecular weight is 227 g/mol. The summed E-state index contributed by atoms with van der Waals surface area (Å²) in [6.07, 6.45) is 7.61. The molecule has 0 bridgehead atoms. The summed E-state index contributed by atoms with van der Waals surface area (Å²) >= 11 is 0. The minimum absolute atomic E-state index is 0.0171. The number of carbonyl (C=O) groups is 1. The minimum atomic E-state index is -0.0171. The lowest BCUT2D eigenvalue weighted by Gasteiger charge is -2.16. The SMILES string of the molecule is CC(N)CCCC(C)C(=O)OC1CCCC1. The lowest BCUT2D eigenvalue weighted by Crippen LogP contribution is -2.21. The van der Waals surface area contributed by atoms with Crippen molar-refractivity contribution in [1.29, 1.82) is 0 Å². The number of carbonyl (C=O) groups excluding carboxylic acids is 1. The Bertz CT molecular complexity index is 210. The van der Waals surface area contributed by atoms with E-state index >= 15 is 0 Å². The highest BCUT2D eigenvalue weighted by atomic mass is 16.5. The van der Waals surface area contributed by atoms with Gasteiger partial charge in [-0.25, -0.2) is 0 Å². The Kier molecular flexibility index (Phi) is 5.81. The van der Waals surface area contributed by atoms with Crippen LogP contribution >= 0.6 is 0 Å². The van der Waals surface area contributed by atoms with Crippen molar-refractivity contribution in [1.82, 2.24) is 0 Å². The first kappa shape index (κ1) is 13.5. The van der Waals surface area contributed by atoms with Crippen LogP contribution in [0.1, 0.15) is 58.8 Å². The molecule has 1 fully saturated rings. The number of hydrogen-bond donors (Lipinski definition) is 1. The van der Waals surface area contributed by atoms with Gasteiger partial charge >= 0.3 is 5.97 Å². The van der Waals surface area contributed by atoms with Crippen LogP contribution in [0.25, 0.3) is 0 Å². The van der Waals surface area contributed by atoms with Crippen LogP contribution in [0.2, 0.25) is 0 Å². The fourth-order valence-corrected chi connectivity index (χ4v) is 2.15. The van der Waals surface area contributed by atoms with Gasteiger partial charge in [-0.05, 0) is 45.4 Å². The number of nitrogens with two attached hydrogens (primary N) is 1. The Labute approximate surface area is 98.7 Å². The first-order valence-corrected chi connectivity index (χ1v) is 6.55. The third-order valence-electron chi connectivity index (χ3n) is 3.28.